The third-order valence-electron chi connectivity index (χ3n) is 5.42. The highest BCUT2D eigenvalue weighted by Gasteiger charge is 2.28. The number of fused-ring (bicyclic) bond motifs is 4. The third-order valence-corrected chi connectivity index (χ3v) is 8.39. The van der Waals surface area contributed by atoms with Gasteiger partial charge in [0, 0.05) is 17.6 Å². The van der Waals surface area contributed by atoms with E-state index in [2.05, 4.69) is 54.0 Å². The predicted molar refractivity (Wildman–Crippen MR) is 128 cm³/mol. The molecule has 1 unspecified atom stereocenters. The van der Waals surface area contributed by atoms with Gasteiger partial charge in [0.25, 0.3) is 5.01 Å². The Kier molecular flexibility index (Phi) is 5.40. The molecule has 1 aliphatic heterocycles. The summed E-state index contributed by atoms with van der Waals surface area (Å²) in [6, 6.07) is 20.7. The molecule has 4 aromatic rings. The molecule has 31 heavy (non-hydrogen) atoms. The lowest BCUT2D eigenvalue weighted by molar-refractivity contribution is -0.664. The molecule has 3 aromatic carbocycles. The van der Waals surface area contributed by atoms with Crippen LogP contribution >= 0.6 is 30.7 Å². The number of hydrogen-bond donors (Lipinski definition) is 1. The minimum atomic E-state index is -4.34. The monoisotopic (exact) mass is 468 g/mol. The van der Waals surface area contributed by atoms with E-state index in [1.165, 1.54) is 21.0 Å². The molecule has 1 aliphatic rings. The fourth-order valence-corrected chi connectivity index (χ4v) is 6.85. The summed E-state index contributed by atoms with van der Waals surface area (Å²) in [5, 5.41) is 4.53. The first-order valence-corrected chi connectivity index (χ1v) is 13.5. The zero-order chi connectivity index (χ0) is 21.6. The van der Waals surface area contributed by atoms with Crippen LogP contribution in [0, 0.1) is 0 Å². The quantitative estimate of drug-likeness (QED) is 0.336. The van der Waals surface area contributed by atoms with Crippen LogP contribution in [0.2, 0.25) is 0 Å². The maximum Gasteiger partial charge on any atom is 0.265 e. The van der Waals surface area contributed by atoms with Gasteiger partial charge in [-0.1, -0.05) is 59.5 Å². The fourth-order valence-electron chi connectivity index (χ4n) is 4.02. The highest BCUT2D eigenvalue weighted by Crippen LogP contribution is 2.47. The van der Waals surface area contributed by atoms with Gasteiger partial charge in [0.2, 0.25) is 5.52 Å². The summed E-state index contributed by atoms with van der Waals surface area (Å²) in [7, 11) is -4.34. The third kappa shape index (κ3) is 3.93. The molecule has 1 aromatic heterocycles. The second-order valence-electron chi connectivity index (χ2n) is 7.38. The van der Waals surface area contributed by atoms with Crippen LogP contribution in [0.1, 0.15) is 11.9 Å². The van der Waals surface area contributed by atoms with Gasteiger partial charge in [-0.25, -0.2) is 0 Å². The molecular formula is C23H21N2O3PS2. The molecule has 0 spiro atoms. The fraction of sp³-hybridized carbons (Fsp3) is 0.174. The van der Waals surface area contributed by atoms with Crippen LogP contribution in [0.15, 0.2) is 70.6 Å². The first kappa shape index (κ1) is 20.7. The molecule has 5 rings (SSSR count). The van der Waals surface area contributed by atoms with E-state index in [0.29, 0.717) is 0 Å². The van der Waals surface area contributed by atoms with Crippen molar-refractivity contribution < 1.29 is 18.9 Å². The molecule has 0 fully saturated rings. The lowest BCUT2D eigenvalue weighted by atomic mass is 10.1. The molecule has 5 nitrogen and oxygen atoms in total. The number of nitrogens with zero attached hydrogens (tertiary/aromatic N) is 2. The minimum absolute atomic E-state index is 0.215. The lowest BCUT2D eigenvalue weighted by Gasteiger charge is -2.23. The first-order chi connectivity index (χ1) is 14.9. The lowest BCUT2D eigenvalue weighted by Crippen LogP contribution is -2.34. The molecule has 2 heterocycles. The Morgan fingerprint density at radius 1 is 1.13 bits per heavy atom. The van der Waals surface area contributed by atoms with Gasteiger partial charge in [-0.3, -0.25) is 0 Å². The number of thiazole rings is 1. The zero-order valence-corrected chi connectivity index (χ0v) is 19.4. The number of benzene rings is 3. The molecule has 0 saturated heterocycles. The average molecular weight is 469 g/mol. The van der Waals surface area contributed by atoms with Crippen molar-refractivity contribution in [3.05, 3.63) is 70.7 Å². The van der Waals surface area contributed by atoms with Crippen LogP contribution in [0.3, 0.4) is 0 Å². The summed E-state index contributed by atoms with van der Waals surface area (Å²) >= 11 is 3.36. The summed E-state index contributed by atoms with van der Waals surface area (Å²) in [6.07, 6.45) is 1.85. The number of rotatable bonds is 5. The second kappa shape index (κ2) is 8.08. The summed E-state index contributed by atoms with van der Waals surface area (Å²) in [5.41, 5.74) is 2.20. The van der Waals surface area contributed by atoms with Gasteiger partial charge in [0.05, 0.1) is 22.2 Å². The number of para-hydroxylation sites is 1. The van der Waals surface area contributed by atoms with Crippen molar-refractivity contribution in [1.82, 2.24) is 0 Å². The zero-order valence-electron chi connectivity index (χ0n) is 16.9. The van der Waals surface area contributed by atoms with Gasteiger partial charge < -0.3 is 19.3 Å². The van der Waals surface area contributed by atoms with Crippen molar-refractivity contribution >= 4 is 63.4 Å². The topological polar surface area (TPSA) is 67.5 Å². The van der Waals surface area contributed by atoms with Gasteiger partial charge in [-0.2, -0.15) is 4.57 Å². The number of aromatic nitrogens is 1. The number of aryl methyl sites for hydroxylation is 1. The van der Waals surface area contributed by atoms with Crippen LogP contribution in [0.4, 0.5) is 5.69 Å². The Morgan fingerprint density at radius 2 is 1.90 bits per heavy atom. The van der Waals surface area contributed by atoms with E-state index in [1.807, 2.05) is 29.2 Å². The summed E-state index contributed by atoms with van der Waals surface area (Å²) in [4.78, 5) is 23.8. The van der Waals surface area contributed by atoms with Gasteiger partial charge >= 0.3 is 0 Å². The van der Waals surface area contributed by atoms with Gasteiger partial charge in [-0.15, -0.1) is 0 Å². The van der Waals surface area contributed by atoms with E-state index in [-0.39, 0.29) is 12.7 Å². The maximum absolute atomic E-state index is 11.4. The van der Waals surface area contributed by atoms with Crippen LogP contribution in [0.5, 0.6) is 0 Å². The van der Waals surface area contributed by atoms with Crippen LogP contribution in [-0.4, -0.2) is 17.6 Å². The molecule has 0 amide bonds. The highest BCUT2D eigenvalue weighted by atomic mass is 32.2. The number of hydrogen-bond acceptors (Lipinski definition) is 5. The molecular weight excluding hydrogens is 447 g/mol. The molecule has 8 heteroatoms. The Morgan fingerprint density at radius 3 is 2.71 bits per heavy atom. The maximum atomic E-state index is 11.4. The van der Waals surface area contributed by atoms with Crippen molar-refractivity contribution in [2.75, 3.05) is 17.6 Å². The average Bonchev–Trinajstić information content (AvgIpc) is 3.29. The van der Waals surface area contributed by atoms with Crippen molar-refractivity contribution in [3.8, 4) is 0 Å². The van der Waals surface area contributed by atoms with Crippen molar-refractivity contribution in [1.29, 1.82) is 0 Å². The van der Waals surface area contributed by atoms with E-state index in [0.717, 1.165) is 27.2 Å². The van der Waals surface area contributed by atoms with E-state index >= 15 is 0 Å². The standard InChI is InChI=1S/C23H21N2O3PS2/c1-2-24-21(31-20-12-11-16-7-3-4-8-17(16)23(20)24)15-22-25(13-14-29(26,27)28)18-9-5-6-10-19(18)30-22/h3-12,15H,2,13-14H2,1H3,(H-,26,27,28). The molecule has 158 valence electrons. The van der Waals surface area contributed by atoms with Gasteiger partial charge in [0.15, 0.2) is 0 Å². The van der Waals surface area contributed by atoms with E-state index in [9.17, 15) is 14.4 Å². The number of anilines is 1. The summed E-state index contributed by atoms with van der Waals surface area (Å²) in [5.74, 6) is 0. The van der Waals surface area contributed by atoms with E-state index in [4.69, 9.17) is 0 Å². The van der Waals surface area contributed by atoms with E-state index in [1.54, 1.807) is 23.1 Å². The van der Waals surface area contributed by atoms with Crippen LogP contribution < -0.4 is 14.4 Å². The van der Waals surface area contributed by atoms with Crippen molar-refractivity contribution in [3.63, 3.8) is 0 Å². The summed E-state index contributed by atoms with van der Waals surface area (Å²) < 4.78 is 15.0. The van der Waals surface area contributed by atoms with Gasteiger partial charge in [-0.05, 0) is 36.6 Å². The van der Waals surface area contributed by atoms with E-state index < -0.39 is 7.60 Å². The SMILES string of the molecule is CC[n+]1c(/C=C2\Sc3ccccc3N2CCP(=O)([O-])O)sc2ccc3ccccc3c21. The first-order valence-electron chi connectivity index (χ1n) is 10.1. The normalized spacial score (nSPS) is 16.9. The van der Waals surface area contributed by atoms with Crippen LogP contribution in [-0.2, 0) is 11.1 Å². The number of thioether (sulfide) groups is 1. The Hall–Kier alpha value is -2.15. The predicted octanol–water partition coefficient (Wildman–Crippen LogP) is 4.82. The molecule has 0 aliphatic carbocycles. The van der Waals surface area contributed by atoms with Crippen molar-refractivity contribution in [2.45, 2.75) is 18.4 Å². The Balaban J connectivity index is 1.63. The molecule has 1 N–H and O–H groups in total. The summed E-state index contributed by atoms with van der Waals surface area (Å²) in [6.45, 7) is 3.19. The van der Waals surface area contributed by atoms with Gasteiger partial charge in [0.1, 0.15) is 18.8 Å². The minimum Gasteiger partial charge on any atom is -0.779 e. The second-order valence-corrected chi connectivity index (χ2v) is 11.2. The smallest absolute Gasteiger partial charge is 0.265 e. The van der Waals surface area contributed by atoms with Crippen LogP contribution in [0.25, 0.3) is 27.1 Å². The molecule has 0 bridgehead atoms. The Bertz CT molecular complexity index is 1380. The van der Waals surface area contributed by atoms with Crippen molar-refractivity contribution in [2.24, 2.45) is 0 Å². The molecule has 0 radical (unpaired) electrons. The highest BCUT2D eigenvalue weighted by molar-refractivity contribution is 8.03. The largest absolute Gasteiger partial charge is 0.779 e. The molecule has 1 atom stereocenters. The Labute approximate surface area is 188 Å². The molecule has 0 saturated carbocycles.